The third-order valence-corrected chi connectivity index (χ3v) is 15.0. The highest BCUT2D eigenvalue weighted by Gasteiger charge is 2.20. The minimum Gasteiger partial charge on any atom is -0.466 e. The standard InChI is InChI=1S/C65H125NO5/c1-3-5-7-9-11-13-15-17-19-21-22-27-31-35-39-43-47-51-55-59-65(70)71-60-56-52-48-44-40-36-32-28-24-23-26-30-34-38-42-46-50-54-58-64(69)66-62(61-67)63(68)57-53-49-45-41-37-33-29-25-20-18-16-14-12-10-8-6-4-2/h11,13,17,19,62-63,67-68H,3-10,12,14-16,18,20-61H2,1-2H3,(H,66,69)/b13-11-,19-17-. The highest BCUT2D eigenvalue weighted by molar-refractivity contribution is 5.76. The van der Waals surface area contributed by atoms with E-state index in [1.807, 2.05) is 0 Å². The van der Waals surface area contributed by atoms with Crippen molar-refractivity contribution in [2.24, 2.45) is 0 Å². The monoisotopic (exact) mass is 1000 g/mol. The fraction of sp³-hybridized carbons (Fsp3) is 0.908. The van der Waals surface area contributed by atoms with Gasteiger partial charge in [0.05, 0.1) is 25.4 Å². The van der Waals surface area contributed by atoms with Crippen LogP contribution in [0, 0.1) is 0 Å². The average Bonchev–Trinajstić information content (AvgIpc) is 3.37. The Morgan fingerprint density at radius 1 is 0.394 bits per heavy atom. The molecule has 0 heterocycles. The number of ether oxygens (including phenoxy) is 1. The van der Waals surface area contributed by atoms with Crippen LogP contribution >= 0.6 is 0 Å². The zero-order chi connectivity index (χ0) is 51.4. The molecule has 71 heavy (non-hydrogen) atoms. The number of hydrogen-bond acceptors (Lipinski definition) is 5. The van der Waals surface area contributed by atoms with Gasteiger partial charge < -0.3 is 20.3 Å². The minimum absolute atomic E-state index is 0.00433. The Morgan fingerprint density at radius 3 is 1.10 bits per heavy atom. The highest BCUT2D eigenvalue weighted by atomic mass is 16.5. The molecule has 2 atom stereocenters. The SMILES string of the molecule is CCCCC/C=C\C/C=C\CCCCCCCCCCCC(=O)OCCCCCCCCCCCCCCCCCCCCC(=O)NC(CO)C(O)CCCCCCCCCCCCCCCCCCC. The summed E-state index contributed by atoms with van der Waals surface area (Å²) >= 11 is 0. The largest absolute Gasteiger partial charge is 0.466 e. The molecule has 0 spiro atoms. The van der Waals surface area contributed by atoms with Crippen LogP contribution in [0.15, 0.2) is 24.3 Å². The predicted molar refractivity (Wildman–Crippen MR) is 310 cm³/mol. The van der Waals surface area contributed by atoms with E-state index in [1.54, 1.807) is 0 Å². The van der Waals surface area contributed by atoms with Crippen molar-refractivity contribution in [3.05, 3.63) is 24.3 Å². The van der Waals surface area contributed by atoms with Crippen molar-refractivity contribution in [1.29, 1.82) is 0 Å². The summed E-state index contributed by atoms with van der Waals surface area (Å²) < 4.78 is 5.50. The first-order chi connectivity index (χ1) is 35.0. The number of esters is 1. The van der Waals surface area contributed by atoms with Gasteiger partial charge in [-0.15, -0.1) is 0 Å². The maximum atomic E-state index is 12.5. The van der Waals surface area contributed by atoms with Crippen LogP contribution in [0.25, 0.3) is 0 Å². The van der Waals surface area contributed by atoms with Gasteiger partial charge in [0.1, 0.15) is 0 Å². The number of aliphatic hydroxyl groups is 2. The van der Waals surface area contributed by atoms with Crippen molar-refractivity contribution >= 4 is 11.9 Å². The fourth-order valence-electron chi connectivity index (χ4n) is 10.1. The van der Waals surface area contributed by atoms with Gasteiger partial charge in [-0.1, -0.05) is 308 Å². The maximum Gasteiger partial charge on any atom is 0.305 e. The van der Waals surface area contributed by atoms with Crippen LogP contribution in [0.2, 0.25) is 0 Å². The lowest BCUT2D eigenvalue weighted by Crippen LogP contribution is -2.45. The summed E-state index contributed by atoms with van der Waals surface area (Å²) in [6.45, 7) is 4.95. The number of hydrogen-bond donors (Lipinski definition) is 3. The number of allylic oxidation sites excluding steroid dienone is 4. The van der Waals surface area contributed by atoms with Crippen LogP contribution in [0.5, 0.6) is 0 Å². The maximum absolute atomic E-state index is 12.5. The normalized spacial score (nSPS) is 12.7. The third-order valence-electron chi connectivity index (χ3n) is 15.0. The van der Waals surface area contributed by atoms with Gasteiger partial charge >= 0.3 is 5.97 Å². The molecule has 3 N–H and O–H groups in total. The van der Waals surface area contributed by atoms with E-state index in [9.17, 15) is 19.8 Å². The Kier molecular flexibility index (Phi) is 59.5. The van der Waals surface area contributed by atoms with E-state index in [2.05, 4.69) is 43.5 Å². The molecule has 1 amide bonds. The quantitative estimate of drug-likeness (QED) is 0.0320. The first kappa shape index (κ1) is 69.3. The van der Waals surface area contributed by atoms with E-state index in [0.717, 1.165) is 51.4 Å². The second-order valence-corrected chi connectivity index (χ2v) is 22.1. The van der Waals surface area contributed by atoms with E-state index >= 15 is 0 Å². The predicted octanol–water partition coefficient (Wildman–Crippen LogP) is 20.2. The van der Waals surface area contributed by atoms with Crippen LogP contribution in [0.4, 0.5) is 0 Å². The molecule has 0 bridgehead atoms. The van der Waals surface area contributed by atoms with Crippen molar-refractivity contribution in [3.8, 4) is 0 Å². The van der Waals surface area contributed by atoms with Gasteiger partial charge in [-0.3, -0.25) is 9.59 Å². The Bertz CT molecular complexity index is 1110. The molecule has 0 aliphatic carbocycles. The molecule has 0 saturated carbocycles. The lowest BCUT2D eigenvalue weighted by molar-refractivity contribution is -0.143. The van der Waals surface area contributed by atoms with Crippen molar-refractivity contribution in [2.45, 2.75) is 366 Å². The first-order valence-electron chi connectivity index (χ1n) is 32.1. The number of nitrogens with one attached hydrogen (secondary N) is 1. The van der Waals surface area contributed by atoms with Crippen LogP contribution < -0.4 is 5.32 Å². The molecular formula is C65H125NO5. The van der Waals surface area contributed by atoms with Gasteiger partial charge in [0.2, 0.25) is 5.91 Å². The summed E-state index contributed by atoms with van der Waals surface area (Å²) in [5, 5.41) is 23.3. The number of amides is 1. The molecule has 6 nitrogen and oxygen atoms in total. The molecule has 0 aliphatic rings. The van der Waals surface area contributed by atoms with E-state index in [1.165, 1.54) is 270 Å². The second-order valence-electron chi connectivity index (χ2n) is 22.1. The molecule has 0 fully saturated rings. The Hall–Kier alpha value is -1.66. The number of rotatable bonds is 60. The number of aliphatic hydroxyl groups excluding tert-OH is 2. The lowest BCUT2D eigenvalue weighted by atomic mass is 10.0. The van der Waals surface area contributed by atoms with E-state index in [4.69, 9.17) is 4.74 Å². The molecule has 6 heteroatoms. The van der Waals surface area contributed by atoms with Gasteiger partial charge in [-0.05, 0) is 57.8 Å². The van der Waals surface area contributed by atoms with Gasteiger partial charge in [0.15, 0.2) is 0 Å². The van der Waals surface area contributed by atoms with Gasteiger partial charge in [-0.25, -0.2) is 0 Å². The fourth-order valence-corrected chi connectivity index (χ4v) is 10.1. The van der Waals surface area contributed by atoms with Crippen LogP contribution in [0.1, 0.15) is 354 Å². The summed E-state index contributed by atoms with van der Waals surface area (Å²) in [7, 11) is 0. The van der Waals surface area contributed by atoms with E-state index in [-0.39, 0.29) is 18.5 Å². The molecule has 0 saturated heterocycles. The third kappa shape index (κ3) is 57.5. The molecule has 0 rings (SSSR count). The number of carbonyl (C=O) groups is 2. The smallest absolute Gasteiger partial charge is 0.305 e. The molecule has 0 aromatic rings. The van der Waals surface area contributed by atoms with Crippen LogP contribution in [0.3, 0.4) is 0 Å². The van der Waals surface area contributed by atoms with Crippen molar-refractivity contribution in [3.63, 3.8) is 0 Å². The van der Waals surface area contributed by atoms with Gasteiger partial charge in [0.25, 0.3) is 0 Å². The highest BCUT2D eigenvalue weighted by Crippen LogP contribution is 2.18. The molecule has 0 aromatic heterocycles. The Balaban J connectivity index is 3.39. The number of unbranched alkanes of at least 4 members (excludes halogenated alkanes) is 45. The Labute approximate surface area is 443 Å². The van der Waals surface area contributed by atoms with Crippen molar-refractivity contribution in [2.75, 3.05) is 13.2 Å². The summed E-state index contributed by atoms with van der Waals surface area (Å²) in [5.74, 6) is -0.0319. The van der Waals surface area contributed by atoms with Crippen molar-refractivity contribution < 1.29 is 24.5 Å². The molecular weight excluding hydrogens is 875 g/mol. The number of carbonyl (C=O) groups excluding carboxylic acids is 2. The van der Waals surface area contributed by atoms with E-state index in [0.29, 0.717) is 25.9 Å². The zero-order valence-corrected chi connectivity index (χ0v) is 48.0. The molecule has 0 radical (unpaired) electrons. The summed E-state index contributed by atoms with van der Waals surface area (Å²) in [6, 6.07) is -0.545. The molecule has 0 aliphatic heterocycles. The second kappa shape index (κ2) is 60.9. The van der Waals surface area contributed by atoms with E-state index < -0.39 is 12.1 Å². The topological polar surface area (TPSA) is 95.9 Å². The first-order valence-corrected chi connectivity index (χ1v) is 32.1. The minimum atomic E-state index is -0.667. The average molecular weight is 1000 g/mol. The lowest BCUT2D eigenvalue weighted by Gasteiger charge is -2.22. The van der Waals surface area contributed by atoms with Gasteiger partial charge in [0, 0.05) is 12.8 Å². The van der Waals surface area contributed by atoms with Gasteiger partial charge in [-0.2, -0.15) is 0 Å². The molecule has 2 unspecified atom stereocenters. The molecule has 0 aromatic carbocycles. The molecule has 420 valence electrons. The summed E-state index contributed by atoms with van der Waals surface area (Å²) in [6.07, 6.45) is 74.7. The zero-order valence-electron chi connectivity index (χ0n) is 48.0. The Morgan fingerprint density at radius 2 is 0.704 bits per heavy atom. The summed E-state index contributed by atoms with van der Waals surface area (Å²) in [4.78, 5) is 24.6. The summed E-state index contributed by atoms with van der Waals surface area (Å²) in [5.41, 5.74) is 0. The van der Waals surface area contributed by atoms with Crippen LogP contribution in [-0.2, 0) is 14.3 Å². The van der Waals surface area contributed by atoms with Crippen LogP contribution in [-0.4, -0.2) is 47.4 Å². The van der Waals surface area contributed by atoms with Crippen molar-refractivity contribution in [1.82, 2.24) is 5.32 Å².